The van der Waals surface area contributed by atoms with Crippen LogP contribution < -0.4 is 10.6 Å². The molecule has 1 aliphatic rings. The van der Waals surface area contributed by atoms with Gasteiger partial charge in [0.05, 0.1) is 13.1 Å². The van der Waals surface area contributed by atoms with Gasteiger partial charge in [-0.3, -0.25) is 19.3 Å². The van der Waals surface area contributed by atoms with Crippen LogP contribution in [0.3, 0.4) is 0 Å². The van der Waals surface area contributed by atoms with Crippen LogP contribution in [0.4, 0.5) is 5.69 Å². The molecule has 0 atom stereocenters. The van der Waals surface area contributed by atoms with Crippen LogP contribution >= 0.6 is 0 Å². The van der Waals surface area contributed by atoms with Gasteiger partial charge in [-0.2, -0.15) is 0 Å². The van der Waals surface area contributed by atoms with Gasteiger partial charge in [0.1, 0.15) is 0 Å². The molecule has 2 N–H and O–H groups in total. The lowest BCUT2D eigenvalue weighted by molar-refractivity contribution is -0.136. The quantitative estimate of drug-likeness (QED) is 0.802. The SMILES string of the molecule is Cc1cccc(NC(=O)CN2CCN(C(=O)CNC(=O)C(C)(C)C)CC2)c1C. The fraction of sp³-hybridized carbons (Fsp3) is 0.571. The van der Waals surface area contributed by atoms with Crippen molar-refractivity contribution >= 4 is 23.4 Å². The number of aryl methyl sites for hydroxylation is 1. The maximum absolute atomic E-state index is 12.4. The summed E-state index contributed by atoms with van der Waals surface area (Å²) in [5.74, 6) is -0.273. The first-order valence-corrected chi connectivity index (χ1v) is 9.72. The minimum absolute atomic E-state index is 0.0171. The number of benzene rings is 1. The highest BCUT2D eigenvalue weighted by molar-refractivity contribution is 5.93. The molecular weight excluding hydrogens is 356 g/mol. The average Bonchev–Trinajstić information content (AvgIpc) is 2.63. The van der Waals surface area contributed by atoms with Gasteiger partial charge >= 0.3 is 0 Å². The number of hydrogen-bond acceptors (Lipinski definition) is 4. The molecule has 1 fully saturated rings. The van der Waals surface area contributed by atoms with Gasteiger partial charge in [-0.25, -0.2) is 0 Å². The molecule has 1 aromatic rings. The maximum atomic E-state index is 12.4. The number of carbonyl (C=O) groups excluding carboxylic acids is 3. The zero-order valence-corrected chi connectivity index (χ0v) is 17.6. The Bertz CT molecular complexity index is 732. The second-order valence-corrected chi connectivity index (χ2v) is 8.39. The highest BCUT2D eigenvalue weighted by Crippen LogP contribution is 2.18. The summed E-state index contributed by atoms with van der Waals surface area (Å²) >= 11 is 0. The molecule has 0 radical (unpaired) electrons. The van der Waals surface area contributed by atoms with E-state index in [0.29, 0.717) is 32.7 Å². The van der Waals surface area contributed by atoms with Crippen LogP contribution in [-0.4, -0.2) is 66.8 Å². The highest BCUT2D eigenvalue weighted by atomic mass is 16.2. The first-order valence-electron chi connectivity index (χ1n) is 9.72. The monoisotopic (exact) mass is 388 g/mol. The number of rotatable bonds is 5. The molecule has 0 aromatic heterocycles. The molecule has 7 heteroatoms. The molecule has 1 saturated heterocycles. The third-order valence-corrected chi connectivity index (χ3v) is 5.05. The van der Waals surface area contributed by atoms with E-state index in [0.717, 1.165) is 16.8 Å². The zero-order valence-electron chi connectivity index (χ0n) is 17.6. The van der Waals surface area contributed by atoms with Crippen molar-refractivity contribution in [3.8, 4) is 0 Å². The van der Waals surface area contributed by atoms with Crippen molar-refractivity contribution in [1.82, 2.24) is 15.1 Å². The smallest absolute Gasteiger partial charge is 0.242 e. The summed E-state index contributed by atoms with van der Waals surface area (Å²) in [5, 5.41) is 5.66. The van der Waals surface area contributed by atoms with Crippen molar-refractivity contribution in [2.75, 3.05) is 44.6 Å². The van der Waals surface area contributed by atoms with Crippen LogP contribution in [0, 0.1) is 19.3 Å². The van der Waals surface area contributed by atoms with Crippen LogP contribution in [0.2, 0.25) is 0 Å². The van der Waals surface area contributed by atoms with Gasteiger partial charge in [-0.15, -0.1) is 0 Å². The lowest BCUT2D eigenvalue weighted by Crippen LogP contribution is -2.53. The molecule has 1 aromatic carbocycles. The standard InChI is InChI=1S/C21H32N4O3/c1-15-7-6-8-17(16(15)2)23-18(26)14-24-9-11-25(12-10-24)19(27)13-22-20(28)21(3,4)5/h6-8H,9-14H2,1-5H3,(H,22,28)(H,23,26). The number of anilines is 1. The van der Waals surface area contributed by atoms with E-state index in [-0.39, 0.29) is 24.3 Å². The second-order valence-electron chi connectivity index (χ2n) is 8.39. The molecule has 28 heavy (non-hydrogen) atoms. The summed E-state index contributed by atoms with van der Waals surface area (Å²) in [6, 6.07) is 5.86. The van der Waals surface area contributed by atoms with E-state index >= 15 is 0 Å². The van der Waals surface area contributed by atoms with E-state index in [2.05, 4.69) is 10.6 Å². The average molecular weight is 389 g/mol. The zero-order chi connectivity index (χ0) is 20.9. The van der Waals surface area contributed by atoms with Crippen molar-refractivity contribution in [2.45, 2.75) is 34.6 Å². The predicted octanol–water partition coefficient (Wildman–Crippen LogP) is 1.55. The summed E-state index contributed by atoms with van der Waals surface area (Å²) in [7, 11) is 0. The van der Waals surface area contributed by atoms with E-state index in [4.69, 9.17) is 0 Å². The Kier molecular flexibility index (Phi) is 7.18. The highest BCUT2D eigenvalue weighted by Gasteiger charge is 2.25. The van der Waals surface area contributed by atoms with Gasteiger partial charge in [0.2, 0.25) is 17.7 Å². The van der Waals surface area contributed by atoms with Gasteiger partial charge in [0, 0.05) is 37.3 Å². The third-order valence-electron chi connectivity index (χ3n) is 5.05. The van der Waals surface area contributed by atoms with Crippen LogP contribution in [-0.2, 0) is 14.4 Å². The van der Waals surface area contributed by atoms with Gasteiger partial charge in [0.25, 0.3) is 0 Å². The van der Waals surface area contributed by atoms with Gasteiger partial charge in [-0.05, 0) is 31.0 Å². The number of nitrogens with one attached hydrogen (secondary N) is 2. The normalized spacial score (nSPS) is 15.2. The molecule has 1 heterocycles. The molecule has 0 saturated carbocycles. The summed E-state index contributed by atoms with van der Waals surface area (Å²) in [4.78, 5) is 40.3. The number of hydrogen-bond donors (Lipinski definition) is 2. The Hall–Kier alpha value is -2.41. The predicted molar refractivity (Wildman–Crippen MR) is 110 cm³/mol. The molecule has 0 unspecified atom stereocenters. The number of nitrogens with zero attached hydrogens (tertiary/aromatic N) is 2. The Morgan fingerprint density at radius 3 is 2.29 bits per heavy atom. The van der Waals surface area contributed by atoms with Crippen LogP contribution in [0.1, 0.15) is 31.9 Å². The molecule has 7 nitrogen and oxygen atoms in total. The number of carbonyl (C=O) groups is 3. The first-order chi connectivity index (χ1) is 13.1. The van der Waals surface area contributed by atoms with Crippen molar-refractivity contribution in [1.29, 1.82) is 0 Å². The number of amides is 3. The summed E-state index contributed by atoms with van der Waals surface area (Å²) < 4.78 is 0. The van der Waals surface area contributed by atoms with Crippen LogP contribution in [0.5, 0.6) is 0 Å². The van der Waals surface area contributed by atoms with E-state index in [9.17, 15) is 14.4 Å². The van der Waals surface area contributed by atoms with E-state index in [1.165, 1.54) is 0 Å². The maximum Gasteiger partial charge on any atom is 0.242 e. The van der Waals surface area contributed by atoms with Gasteiger partial charge in [-0.1, -0.05) is 32.9 Å². The number of piperazine rings is 1. The van der Waals surface area contributed by atoms with E-state index < -0.39 is 5.41 Å². The minimum atomic E-state index is -0.512. The molecule has 0 spiro atoms. The lowest BCUT2D eigenvalue weighted by atomic mass is 9.96. The Morgan fingerprint density at radius 2 is 1.68 bits per heavy atom. The summed E-state index contributed by atoms with van der Waals surface area (Å²) in [6.45, 7) is 12.2. The largest absolute Gasteiger partial charge is 0.347 e. The van der Waals surface area contributed by atoms with Crippen molar-refractivity contribution < 1.29 is 14.4 Å². The van der Waals surface area contributed by atoms with Crippen molar-refractivity contribution in [3.63, 3.8) is 0 Å². The Balaban J connectivity index is 1.76. The second kappa shape index (κ2) is 9.19. The fourth-order valence-corrected chi connectivity index (χ4v) is 2.97. The van der Waals surface area contributed by atoms with Crippen molar-refractivity contribution in [3.05, 3.63) is 29.3 Å². The van der Waals surface area contributed by atoms with Crippen molar-refractivity contribution in [2.24, 2.45) is 5.41 Å². The first kappa shape index (κ1) is 21.9. The van der Waals surface area contributed by atoms with Crippen LogP contribution in [0.25, 0.3) is 0 Å². The molecule has 0 aliphatic carbocycles. The molecule has 3 amide bonds. The summed E-state index contributed by atoms with van der Waals surface area (Å²) in [5.41, 5.74) is 2.54. The van der Waals surface area contributed by atoms with E-state index in [1.807, 2.05) is 57.7 Å². The van der Waals surface area contributed by atoms with Gasteiger partial charge in [0.15, 0.2) is 0 Å². The molecule has 1 aliphatic heterocycles. The Labute approximate surface area is 167 Å². The summed E-state index contributed by atoms with van der Waals surface area (Å²) in [6.07, 6.45) is 0. The molecular formula is C21H32N4O3. The topological polar surface area (TPSA) is 81.8 Å². The fourth-order valence-electron chi connectivity index (χ4n) is 2.97. The molecule has 154 valence electrons. The van der Waals surface area contributed by atoms with Gasteiger partial charge < -0.3 is 15.5 Å². The third kappa shape index (κ3) is 6.05. The van der Waals surface area contributed by atoms with E-state index in [1.54, 1.807) is 4.90 Å². The van der Waals surface area contributed by atoms with Crippen LogP contribution in [0.15, 0.2) is 18.2 Å². The Morgan fingerprint density at radius 1 is 1.04 bits per heavy atom. The molecule has 0 bridgehead atoms. The lowest BCUT2D eigenvalue weighted by Gasteiger charge is -2.34. The molecule has 2 rings (SSSR count). The minimum Gasteiger partial charge on any atom is -0.347 e.